The fraction of sp³-hybridized carbons (Fsp3) is 0.650. The number of aliphatic hydroxyl groups is 3. The van der Waals surface area contributed by atoms with E-state index in [-0.39, 0.29) is 36.0 Å². The summed E-state index contributed by atoms with van der Waals surface area (Å²) in [4.78, 5) is 11.3. The standard InChI is InChI=1S/C20H30O5/c1-13-4-7-16-19(2,10-8-17(23)20(16,3)12-22)15(13)6-5-14(9-11-21)18(24)25/h5-6,9,15-17,21-23H,1,4,7-8,10-12H2,2-3H3,(H,24,25). The van der Waals surface area contributed by atoms with Crippen molar-refractivity contribution in [3.05, 3.63) is 36.0 Å². The molecule has 5 heteroatoms. The van der Waals surface area contributed by atoms with Crippen molar-refractivity contribution in [2.45, 2.75) is 45.6 Å². The van der Waals surface area contributed by atoms with E-state index in [0.29, 0.717) is 6.42 Å². The number of hydrogen-bond acceptors (Lipinski definition) is 4. The molecule has 0 spiro atoms. The summed E-state index contributed by atoms with van der Waals surface area (Å²) in [5.74, 6) is -0.970. The predicted molar refractivity (Wildman–Crippen MR) is 95.8 cm³/mol. The fourth-order valence-corrected chi connectivity index (χ4v) is 5.02. The van der Waals surface area contributed by atoms with E-state index in [4.69, 9.17) is 5.11 Å². The molecule has 5 nitrogen and oxygen atoms in total. The Morgan fingerprint density at radius 1 is 1.32 bits per heavy atom. The summed E-state index contributed by atoms with van der Waals surface area (Å²) in [6.45, 7) is 7.91. The number of hydrogen-bond donors (Lipinski definition) is 4. The molecule has 0 amide bonds. The molecule has 0 aliphatic heterocycles. The van der Waals surface area contributed by atoms with Gasteiger partial charge in [0.15, 0.2) is 0 Å². The molecule has 0 radical (unpaired) electrons. The Morgan fingerprint density at radius 2 is 2.00 bits per heavy atom. The summed E-state index contributed by atoms with van der Waals surface area (Å²) in [7, 11) is 0. The molecule has 2 rings (SSSR count). The van der Waals surface area contributed by atoms with E-state index >= 15 is 0 Å². The Labute approximate surface area is 149 Å². The highest BCUT2D eigenvalue weighted by Crippen LogP contribution is 2.61. The Kier molecular flexibility index (Phi) is 5.92. The summed E-state index contributed by atoms with van der Waals surface area (Å²) < 4.78 is 0. The minimum Gasteiger partial charge on any atom is -0.478 e. The monoisotopic (exact) mass is 350 g/mol. The van der Waals surface area contributed by atoms with Crippen molar-refractivity contribution in [1.29, 1.82) is 0 Å². The molecular weight excluding hydrogens is 320 g/mol. The maximum Gasteiger partial charge on any atom is 0.335 e. The van der Waals surface area contributed by atoms with Gasteiger partial charge in [-0.3, -0.25) is 0 Å². The van der Waals surface area contributed by atoms with Crippen molar-refractivity contribution in [2.75, 3.05) is 13.2 Å². The number of carbonyl (C=O) groups is 1. The molecule has 5 atom stereocenters. The predicted octanol–water partition coefficient (Wildman–Crippen LogP) is 2.29. The topological polar surface area (TPSA) is 98.0 Å². The highest BCUT2D eigenvalue weighted by atomic mass is 16.4. The second kappa shape index (κ2) is 7.44. The molecule has 0 saturated heterocycles. The molecule has 2 fully saturated rings. The number of aliphatic hydroxyl groups excluding tert-OH is 3. The lowest BCUT2D eigenvalue weighted by Gasteiger charge is -2.59. The first-order chi connectivity index (χ1) is 11.7. The van der Waals surface area contributed by atoms with Crippen LogP contribution in [0.4, 0.5) is 0 Å². The summed E-state index contributed by atoms with van der Waals surface area (Å²) in [6, 6.07) is 0. The van der Waals surface area contributed by atoms with Crippen LogP contribution in [0, 0.1) is 22.7 Å². The molecule has 0 aromatic rings. The SMILES string of the molecule is C=C1CCC2C(C)(CO)C(O)CCC2(C)C1C=CC(=CCO)C(=O)O. The van der Waals surface area contributed by atoms with Crippen molar-refractivity contribution in [1.82, 2.24) is 0 Å². The largest absolute Gasteiger partial charge is 0.478 e. The van der Waals surface area contributed by atoms with Gasteiger partial charge >= 0.3 is 5.97 Å². The number of carboxylic acids is 1. The van der Waals surface area contributed by atoms with Crippen molar-refractivity contribution in [3.8, 4) is 0 Å². The van der Waals surface area contributed by atoms with Crippen molar-refractivity contribution in [3.63, 3.8) is 0 Å². The molecule has 25 heavy (non-hydrogen) atoms. The average Bonchev–Trinajstić information content (AvgIpc) is 2.56. The van der Waals surface area contributed by atoms with Crippen LogP contribution < -0.4 is 0 Å². The van der Waals surface area contributed by atoms with Crippen LogP contribution in [-0.4, -0.2) is 45.7 Å². The number of carboxylic acid groups (broad SMARTS) is 1. The highest BCUT2D eigenvalue weighted by Gasteiger charge is 2.57. The zero-order valence-electron chi connectivity index (χ0n) is 15.1. The van der Waals surface area contributed by atoms with Gasteiger partial charge in [0, 0.05) is 11.3 Å². The molecule has 4 N–H and O–H groups in total. The second-order valence-corrected chi connectivity index (χ2v) is 7.96. The van der Waals surface area contributed by atoms with E-state index in [1.54, 1.807) is 6.08 Å². The molecule has 0 heterocycles. The van der Waals surface area contributed by atoms with Crippen LogP contribution in [0.1, 0.15) is 39.5 Å². The van der Waals surface area contributed by atoms with Crippen LogP contribution in [0.15, 0.2) is 36.0 Å². The Morgan fingerprint density at radius 3 is 2.56 bits per heavy atom. The third kappa shape index (κ3) is 3.46. The number of fused-ring (bicyclic) bond motifs is 1. The van der Waals surface area contributed by atoms with Gasteiger partial charge in [-0.25, -0.2) is 4.79 Å². The molecule has 2 aliphatic rings. The summed E-state index contributed by atoms with van der Waals surface area (Å²) in [5, 5.41) is 38.7. The smallest absolute Gasteiger partial charge is 0.335 e. The van der Waals surface area contributed by atoms with E-state index in [1.165, 1.54) is 6.08 Å². The van der Waals surface area contributed by atoms with Gasteiger partial charge in [0.05, 0.1) is 24.9 Å². The summed E-state index contributed by atoms with van der Waals surface area (Å²) >= 11 is 0. The molecule has 0 bridgehead atoms. The molecule has 140 valence electrons. The van der Waals surface area contributed by atoms with Crippen LogP contribution in [0.2, 0.25) is 0 Å². The molecular formula is C20H30O5. The van der Waals surface area contributed by atoms with Gasteiger partial charge in [0.2, 0.25) is 0 Å². The van der Waals surface area contributed by atoms with Gasteiger partial charge in [-0.05, 0) is 43.1 Å². The van der Waals surface area contributed by atoms with Gasteiger partial charge in [-0.15, -0.1) is 0 Å². The van der Waals surface area contributed by atoms with Gasteiger partial charge in [0.25, 0.3) is 0 Å². The van der Waals surface area contributed by atoms with Crippen LogP contribution in [0.25, 0.3) is 0 Å². The molecule has 5 unspecified atom stereocenters. The number of rotatable bonds is 5. The molecule has 2 aliphatic carbocycles. The maximum atomic E-state index is 11.3. The molecule has 0 aromatic carbocycles. The van der Waals surface area contributed by atoms with Crippen LogP contribution >= 0.6 is 0 Å². The first kappa shape index (κ1) is 19.9. The Hall–Kier alpha value is -1.43. The first-order valence-corrected chi connectivity index (χ1v) is 8.89. The third-order valence-electron chi connectivity index (χ3n) is 6.58. The van der Waals surface area contributed by atoms with Crippen LogP contribution in [-0.2, 0) is 4.79 Å². The lowest BCUT2D eigenvalue weighted by atomic mass is 9.46. The quantitative estimate of drug-likeness (QED) is 0.346. The van der Waals surface area contributed by atoms with Crippen molar-refractivity contribution in [2.24, 2.45) is 22.7 Å². The molecule has 2 saturated carbocycles. The zero-order chi connectivity index (χ0) is 18.8. The van der Waals surface area contributed by atoms with Gasteiger partial charge < -0.3 is 20.4 Å². The third-order valence-corrected chi connectivity index (χ3v) is 6.58. The lowest BCUT2D eigenvalue weighted by Crippen LogP contribution is -2.57. The van der Waals surface area contributed by atoms with E-state index in [0.717, 1.165) is 24.8 Å². The summed E-state index contributed by atoms with van der Waals surface area (Å²) in [6.07, 6.45) is 7.23. The highest BCUT2D eigenvalue weighted by molar-refractivity contribution is 5.89. The lowest BCUT2D eigenvalue weighted by molar-refractivity contribution is -0.145. The number of aliphatic carboxylic acids is 1. The normalized spacial score (nSPS) is 39.5. The van der Waals surface area contributed by atoms with Gasteiger partial charge in [-0.1, -0.05) is 38.2 Å². The van der Waals surface area contributed by atoms with E-state index in [9.17, 15) is 20.1 Å². The first-order valence-electron chi connectivity index (χ1n) is 8.89. The molecule has 0 aromatic heterocycles. The van der Waals surface area contributed by atoms with Crippen molar-refractivity contribution < 1.29 is 25.2 Å². The minimum atomic E-state index is -1.08. The maximum absolute atomic E-state index is 11.3. The fourth-order valence-electron chi connectivity index (χ4n) is 5.02. The Balaban J connectivity index is 2.39. The van der Waals surface area contributed by atoms with Crippen LogP contribution in [0.5, 0.6) is 0 Å². The second-order valence-electron chi connectivity index (χ2n) is 7.96. The van der Waals surface area contributed by atoms with E-state index in [1.807, 2.05) is 13.0 Å². The van der Waals surface area contributed by atoms with E-state index in [2.05, 4.69) is 13.5 Å². The number of allylic oxidation sites excluding steroid dienone is 2. The van der Waals surface area contributed by atoms with Crippen molar-refractivity contribution >= 4 is 5.97 Å². The summed E-state index contributed by atoms with van der Waals surface area (Å²) in [5.41, 5.74) is 0.365. The average molecular weight is 350 g/mol. The Bertz CT molecular complexity index is 593. The zero-order valence-corrected chi connectivity index (χ0v) is 15.1. The minimum absolute atomic E-state index is 0.0222. The van der Waals surface area contributed by atoms with Gasteiger partial charge in [0.1, 0.15) is 0 Å². The van der Waals surface area contributed by atoms with Crippen LogP contribution in [0.3, 0.4) is 0 Å². The van der Waals surface area contributed by atoms with E-state index < -0.39 is 17.5 Å². The van der Waals surface area contributed by atoms with Gasteiger partial charge in [-0.2, -0.15) is 0 Å².